The molecule has 0 saturated heterocycles. The van der Waals surface area contributed by atoms with E-state index in [4.69, 9.17) is 16.3 Å². The van der Waals surface area contributed by atoms with Crippen LogP contribution in [0.1, 0.15) is 22.3 Å². The van der Waals surface area contributed by atoms with Gasteiger partial charge in [0.25, 0.3) is 5.91 Å². The van der Waals surface area contributed by atoms with Gasteiger partial charge in [-0.05, 0) is 42.5 Å². The lowest BCUT2D eigenvalue weighted by atomic mass is 9.88. The van der Waals surface area contributed by atoms with Crippen LogP contribution in [-0.4, -0.2) is 23.9 Å². The van der Waals surface area contributed by atoms with Crippen molar-refractivity contribution >= 4 is 29.0 Å². The van der Waals surface area contributed by atoms with Gasteiger partial charge in [0.05, 0.1) is 13.5 Å². The van der Waals surface area contributed by atoms with E-state index >= 15 is 0 Å². The maximum atomic E-state index is 12.4. The number of fused-ring (bicyclic) bond motifs is 1. The third-order valence-corrected chi connectivity index (χ3v) is 4.11. The number of amides is 1. The van der Waals surface area contributed by atoms with E-state index in [1.807, 2.05) is 0 Å². The molecule has 0 unspecified atom stereocenters. The lowest BCUT2D eigenvalue weighted by molar-refractivity contribution is -0.133. The average Bonchev–Trinajstić information content (AvgIpc) is 2.79. The Kier molecular flexibility index (Phi) is 3.83. The van der Waals surface area contributed by atoms with Crippen LogP contribution < -0.4 is 10.1 Å². The van der Waals surface area contributed by atoms with E-state index in [2.05, 4.69) is 5.32 Å². The number of methoxy groups -OCH3 is 1. The molecule has 0 saturated carbocycles. The number of carbonyl (C=O) groups excluding carboxylic acids is 2. The molecule has 1 aliphatic heterocycles. The first-order chi connectivity index (χ1) is 10.9. The molecule has 0 spiro atoms. The predicted molar refractivity (Wildman–Crippen MR) is 85.9 cm³/mol. The Morgan fingerprint density at radius 2 is 1.96 bits per heavy atom. The van der Waals surface area contributed by atoms with Crippen molar-refractivity contribution in [1.29, 1.82) is 0 Å². The van der Waals surface area contributed by atoms with Crippen molar-refractivity contribution in [1.82, 2.24) is 0 Å². The molecule has 5 nitrogen and oxygen atoms in total. The lowest BCUT2D eigenvalue weighted by Crippen LogP contribution is -2.36. The quantitative estimate of drug-likeness (QED) is 0.845. The molecule has 1 atom stereocenters. The van der Waals surface area contributed by atoms with Gasteiger partial charge in [0, 0.05) is 21.8 Å². The molecule has 0 fully saturated rings. The predicted octanol–water partition coefficient (Wildman–Crippen LogP) is 2.76. The van der Waals surface area contributed by atoms with Crippen LogP contribution >= 0.6 is 11.6 Å². The number of ether oxygens (including phenoxy) is 1. The molecular formula is C17H14ClNO4. The second-order valence-electron chi connectivity index (χ2n) is 5.33. The summed E-state index contributed by atoms with van der Waals surface area (Å²) < 4.78 is 5.04. The van der Waals surface area contributed by atoms with Crippen LogP contribution in [0.3, 0.4) is 0 Å². The number of aliphatic hydroxyl groups is 1. The summed E-state index contributed by atoms with van der Waals surface area (Å²) in [5.74, 6) is -0.356. The zero-order valence-electron chi connectivity index (χ0n) is 12.3. The van der Waals surface area contributed by atoms with Crippen molar-refractivity contribution in [3.8, 4) is 5.75 Å². The van der Waals surface area contributed by atoms with Gasteiger partial charge in [-0.1, -0.05) is 11.6 Å². The molecule has 1 aliphatic rings. The number of benzene rings is 2. The van der Waals surface area contributed by atoms with Crippen LogP contribution in [0.15, 0.2) is 42.5 Å². The van der Waals surface area contributed by atoms with E-state index in [9.17, 15) is 14.7 Å². The highest BCUT2D eigenvalue weighted by Gasteiger charge is 2.46. The highest BCUT2D eigenvalue weighted by molar-refractivity contribution is 6.31. The van der Waals surface area contributed by atoms with Gasteiger partial charge in [0.15, 0.2) is 11.4 Å². The largest absolute Gasteiger partial charge is 0.497 e. The molecule has 118 valence electrons. The summed E-state index contributed by atoms with van der Waals surface area (Å²) in [6, 6.07) is 11.2. The maximum absolute atomic E-state index is 12.4. The Hall–Kier alpha value is -2.37. The topological polar surface area (TPSA) is 75.6 Å². The summed E-state index contributed by atoms with van der Waals surface area (Å²) in [5.41, 5.74) is -0.749. The maximum Gasteiger partial charge on any atom is 0.261 e. The molecule has 2 aromatic rings. The first-order valence-corrected chi connectivity index (χ1v) is 7.33. The number of nitrogens with one attached hydrogen (secondary N) is 1. The number of Topliss-reactive ketones (excluding diaryl/α,β-unsaturated/α-hetero) is 1. The fourth-order valence-electron chi connectivity index (χ4n) is 2.60. The second kappa shape index (κ2) is 5.68. The first-order valence-electron chi connectivity index (χ1n) is 6.95. The Balaban J connectivity index is 1.90. The fraction of sp³-hybridized carbons (Fsp3) is 0.176. The van der Waals surface area contributed by atoms with Crippen molar-refractivity contribution in [2.45, 2.75) is 12.0 Å². The van der Waals surface area contributed by atoms with Gasteiger partial charge in [0.2, 0.25) is 0 Å². The highest BCUT2D eigenvalue weighted by Crippen LogP contribution is 2.40. The Bertz CT molecular complexity index is 788. The van der Waals surface area contributed by atoms with E-state index in [1.165, 1.54) is 13.2 Å². The summed E-state index contributed by atoms with van der Waals surface area (Å²) in [6.45, 7) is 0. The van der Waals surface area contributed by atoms with Gasteiger partial charge in [-0.15, -0.1) is 0 Å². The minimum atomic E-state index is -1.92. The zero-order chi connectivity index (χ0) is 16.6. The van der Waals surface area contributed by atoms with Gasteiger partial charge in [-0.3, -0.25) is 9.59 Å². The van der Waals surface area contributed by atoms with Gasteiger partial charge < -0.3 is 15.2 Å². The van der Waals surface area contributed by atoms with Crippen molar-refractivity contribution in [3.05, 3.63) is 58.6 Å². The molecule has 0 bridgehead atoms. The van der Waals surface area contributed by atoms with Gasteiger partial charge >= 0.3 is 0 Å². The number of hydrogen-bond acceptors (Lipinski definition) is 4. The van der Waals surface area contributed by atoms with Crippen molar-refractivity contribution in [2.24, 2.45) is 0 Å². The number of halogens is 1. The Morgan fingerprint density at radius 1 is 1.26 bits per heavy atom. The lowest BCUT2D eigenvalue weighted by Gasteiger charge is -2.20. The molecule has 6 heteroatoms. The van der Waals surface area contributed by atoms with E-state index in [1.54, 1.807) is 36.4 Å². The SMILES string of the molecule is COc1ccc(C(=O)C[C@@]2(O)C(=O)Nc3ccc(Cl)cc32)cc1. The molecule has 23 heavy (non-hydrogen) atoms. The molecule has 0 radical (unpaired) electrons. The van der Waals surface area contributed by atoms with Crippen LogP contribution in [0, 0.1) is 0 Å². The summed E-state index contributed by atoms with van der Waals surface area (Å²) in [6.07, 6.45) is -0.363. The number of ketones is 1. The third kappa shape index (κ3) is 2.69. The van der Waals surface area contributed by atoms with Crippen LogP contribution in [-0.2, 0) is 10.4 Å². The van der Waals surface area contributed by atoms with Gasteiger partial charge in [-0.25, -0.2) is 0 Å². The summed E-state index contributed by atoms with van der Waals surface area (Å²) >= 11 is 5.94. The standard InChI is InChI=1S/C17H14ClNO4/c1-23-12-5-2-10(3-6-12)15(20)9-17(22)13-8-11(18)4-7-14(13)19-16(17)21/h2-8,22H,9H2,1H3,(H,19,21)/t17-/m0/s1. The van der Waals surface area contributed by atoms with Crippen LogP contribution in [0.4, 0.5) is 5.69 Å². The molecule has 1 amide bonds. The zero-order valence-corrected chi connectivity index (χ0v) is 13.1. The number of rotatable bonds is 4. The summed E-state index contributed by atoms with van der Waals surface area (Å²) in [4.78, 5) is 24.6. The normalized spacial score (nSPS) is 19.2. The van der Waals surface area contributed by atoms with Crippen LogP contribution in [0.2, 0.25) is 5.02 Å². The molecular weight excluding hydrogens is 318 g/mol. The average molecular weight is 332 g/mol. The summed E-state index contributed by atoms with van der Waals surface area (Å²) in [7, 11) is 1.53. The number of carbonyl (C=O) groups is 2. The second-order valence-corrected chi connectivity index (χ2v) is 5.77. The minimum Gasteiger partial charge on any atom is -0.497 e. The van der Waals surface area contributed by atoms with Crippen molar-refractivity contribution < 1.29 is 19.4 Å². The van der Waals surface area contributed by atoms with Crippen molar-refractivity contribution in [3.63, 3.8) is 0 Å². The molecule has 0 aliphatic carbocycles. The fourth-order valence-corrected chi connectivity index (χ4v) is 2.77. The highest BCUT2D eigenvalue weighted by atomic mass is 35.5. The van der Waals surface area contributed by atoms with Gasteiger partial charge in [0.1, 0.15) is 5.75 Å². The Morgan fingerprint density at radius 3 is 2.61 bits per heavy atom. The molecule has 3 rings (SSSR count). The van der Waals surface area contributed by atoms with E-state index in [0.29, 0.717) is 27.6 Å². The van der Waals surface area contributed by atoms with E-state index < -0.39 is 11.5 Å². The van der Waals surface area contributed by atoms with Gasteiger partial charge in [-0.2, -0.15) is 0 Å². The molecule has 2 N–H and O–H groups in total. The third-order valence-electron chi connectivity index (χ3n) is 3.88. The summed E-state index contributed by atoms with van der Waals surface area (Å²) in [5, 5.41) is 13.7. The van der Waals surface area contributed by atoms with Crippen LogP contribution in [0.5, 0.6) is 5.75 Å². The molecule has 2 aromatic carbocycles. The molecule has 0 aromatic heterocycles. The smallest absolute Gasteiger partial charge is 0.261 e. The number of anilines is 1. The van der Waals surface area contributed by atoms with E-state index in [-0.39, 0.29) is 12.2 Å². The van der Waals surface area contributed by atoms with Crippen molar-refractivity contribution in [2.75, 3.05) is 12.4 Å². The minimum absolute atomic E-state index is 0.317. The molecule has 1 heterocycles. The monoisotopic (exact) mass is 331 g/mol. The number of hydrogen-bond donors (Lipinski definition) is 2. The van der Waals surface area contributed by atoms with E-state index in [0.717, 1.165) is 0 Å². The Labute approximate surface area is 137 Å². The van der Waals surface area contributed by atoms with Crippen LogP contribution in [0.25, 0.3) is 0 Å². The first kappa shape index (κ1) is 15.5.